The summed E-state index contributed by atoms with van der Waals surface area (Å²) in [5.41, 5.74) is 2.68. The lowest BCUT2D eigenvalue weighted by atomic mass is 9.76. The van der Waals surface area contributed by atoms with Crippen LogP contribution in [0.15, 0.2) is 66.7 Å². The van der Waals surface area contributed by atoms with E-state index in [4.69, 9.17) is 23.7 Å². The van der Waals surface area contributed by atoms with Crippen molar-refractivity contribution in [2.24, 2.45) is 5.92 Å². The zero-order chi connectivity index (χ0) is 26.0. The van der Waals surface area contributed by atoms with Crippen molar-refractivity contribution < 1.29 is 23.7 Å². The Labute approximate surface area is 221 Å². The zero-order valence-corrected chi connectivity index (χ0v) is 22.4. The number of benzene rings is 3. The molecule has 3 aromatic carbocycles. The molecule has 198 valence electrons. The van der Waals surface area contributed by atoms with Crippen molar-refractivity contribution in [2.75, 3.05) is 54.7 Å². The molecule has 1 aliphatic rings. The van der Waals surface area contributed by atoms with Gasteiger partial charge in [0, 0.05) is 18.5 Å². The molecular formula is C31H39NO5. The minimum atomic E-state index is 0.354. The van der Waals surface area contributed by atoms with Crippen molar-refractivity contribution in [3.8, 4) is 28.7 Å². The summed E-state index contributed by atoms with van der Waals surface area (Å²) in [4.78, 5) is 2.56. The molecule has 0 amide bonds. The van der Waals surface area contributed by atoms with Crippen LogP contribution in [0.2, 0.25) is 0 Å². The second-order valence-electron chi connectivity index (χ2n) is 9.42. The number of hydrogen-bond donors (Lipinski definition) is 0. The molecule has 0 atom stereocenters. The van der Waals surface area contributed by atoms with Crippen LogP contribution in [0.5, 0.6) is 28.7 Å². The first-order chi connectivity index (χ1) is 18.1. The van der Waals surface area contributed by atoms with Gasteiger partial charge in [0.05, 0.1) is 35.0 Å². The average molecular weight is 506 g/mol. The Morgan fingerprint density at radius 2 is 1.22 bits per heavy atom. The second-order valence-corrected chi connectivity index (χ2v) is 9.42. The Hall–Kier alpha value is -3.38. The van der Waals surface area contributed by atoms with Gasteiger partial charge in [0.1, 0.15) is 17.2 Å². The minimum Gasteiger partial charge on any atom is -0.497 e. The van der Waals surface area contributed by atoms with Crippen molar-refractivity contribution in [3.05, 3.63) is 77.9 Å². The Morgan fingerprint density at radius 1 is 0.676 bits per heavy atom. The molecule has 1 aliphatic heterocycles. The van der Waals surface area contributed by atoms with Crippen LogP contribution in [0, 0.1) is 5.92 Å². The molecule has 6 nitrogen and oxygen atoms in total. The van der Waals surface area contributed by atoms with Crippen LogP contribution >= 0.6 is 0 Å². The van der Waals surface area contributed by atoms with Gasteiger partial charge in [0.25, 0.3) is 0 Å². The van der Waals surface area contributed by atoms with Crippen molar-refractivity contribution in [3.63, 3.8) is 0 Å². The zero-order valence-electron chi connectivity index (χ0n) is 22.4. The van der Waals surface area contributed by atoms with E-state index in [9.17, 15) is 0 Å². The maximum atomic E-state index is 5.97. The van der Waals surface area contributed by atoms with Crippen LogP contribution in [0.1, 0.15) is 36.3 Å². The number of nitrogens with zero attached hydrogens (tertiary/aromatic N) is 1. The van der Waals surface area contributed by atoms with E-state index in [1.165, 1.54) is 24.0 Å². The third kappa shape index (κ3) is 6.89. The molecule has 0 saturated carbocycles. The maximum Gasteiger partial charge on any atom is 0.164 e. The van der Waals surface area contributed by atoms with Gasteiger partial charge in [0.2, 0.25) is 0 Å². The Bertz CT molecular complexity index is 1040. The third-order valence-electron chi connectivity index (χ3n) is 7.30. The highest BCUT2D eigenvalue weighted by molar-refractivity contribution is 5.45. The van der Waals surface area contributed by atoms with Crippen molar-refractivity contribution in [1.29, 1.82) is 0 Å². The van der Waals surface area contributed by atoms with Gasteiger partial charge in [-0.25, -0.2) is 0 Å². The highest BCUT2D eigenvalue weighted by Gasteiger charge is 2.29. The van der Waals surface area contributed by atoms with Crippen molar-refractivity contribution >= 4 is 0 Å². The number of rotatable bonds is 12. The molecule has 0 aromatic heterocycles. The van der Waals surface area contributed by atoms with Gasteiger partial charge in [-0.15, -0.1) is 0 Å². The van der Waals surface area contributed by atoms with E-state index in [0.29, 0.717) is 29.9 Å². The minimum absolute atomic E-state index is 0.354. The molecule has 0 aliphatic carbocycles. The first kappa shape index (κ1) is 26.7. The predicted octanol–water partition coefficient (Wildman–Crippen LogP) is 6.03. The van der Waals surface area contributed by atoms with E-state index in [1.54, 1.807) is 28.4 Å². The van der Waals surface area contributed by atoms with Gasteiger partial charge >= 0.3 is 0 Å². The largest absolute Gasteiger partial charge is 0.497 e. The Balaban J connectivity index is 1.32. The van der Waals surface area contributed by atoms with E-state index in [2.05, 4.69) is 53.4 Å². The lowest BCUT2D eigenvalue weighted by molar-refractivity contribution is 0.163. The van der Waals surface area contributed by atoms with E-state index in [1.807, 2.05) is 18.2 Å². The first-order valence-corrected chi connectivity index (χ1v) is 13.0. The summed E-state index contributed by atoms with van der Waals surface area (Å²) >= 11 is 0. The number of piperidine rings is 1. The molecule has 37 heavy (non-hydrogen) atoms. The summed E-state index contributed by atoms with van der Waals surface area (Å²) in [7, 11) is 6.70. The van der Waals surface area contributed by atoms with E-state index < -0.39 is 0 Å². The Kier molecular flexibility index (Phi) is 9.55. The number of ether oxygens (including phenoxy) is 5. The lowest BCUT2D eigenvalue weighted by Gasteiger charge is -2.36. The maximum absolute atomic E-state index is 5.97. The van der Waals surface area contributed by atoms with Gasteiger partial charge in [-0.3, -0.25) is 0 Å². The van der Waals surface area contributed by atoms with Gasteiger partial charge in [-0.2, -0.15) is 0 Å². The molecule has 1 saturated heterocycles. The summed E-state index contributed by atoms with van der Waals surface area (Å²) in [6.45, 7) is 3.92. The van der Waals surface area contributed by atoms with E-state index in [-0.39, 0.29) is 0 Å². The average Bonchev–Trinajstić information content (AvgIpc) is 2.96. The van der Waals surface area contributed by atoms with Crippen molar-refractivity contribution in [1.82, 2.24) is 4.90 Å². The second kappa shape index (κ2) is 13.2. The fourth-order valence-electron chi connectivity index (χ4n) is 5.25. The number of methoxy groups -OCH3 is 4. The van der Waals surface area contributed by atoms with E-state index in [0.717, 1.165) is 43.3 Å². The van der Waals surface area contributed by atoms with Crippen LogP contribution in [0.25, 0.3) is 0 Å². The molecule has 0 radical (unpaired) electrons. The summed E-state index contributed by atoms with van der Waals surface area (Å²) in [6.07, 6.45) is 3.32. The topological polar surface area (TPSA) is 49.4 Å². The molecule has 0 bridgehead atoms. The van der Waals surface area contributed by atoms with Crippen LogP contribution in [0.3, 0.4) is 0 Å². The summed E-state index contributed by atoms with van der Waals surface area (Å²) in [5, 5.41) is 0. The summed E-state index contributed by atoms with van der Waals surface area (Å²) in [5.74, 6) is 4.92. The molecule has 1 heterocycles. The normalized spacial score (nSPS) is 14.4. The van der Waals surface area contributed by atoms with E-state index >= 15 is 0 Å². The molecule has 6 heteroatoms. The van der Waals surface area contributed by atoms with Crippen LogP contribution in [-0.2, 0) is 0 Å². The number of hydrogen-bond acceptors (Lipinski definition) is 6. The van der Waals surface area contributed by atoms with Crippen LogP contribution in [-0.4, -0.2) is 59.6 Å². The first-order valence-electron chi connectivity index (χ1n) is 13.0. The Morgan fingerprint density at radius 3 is 1.73 bits per heavy atom. The summed E-state index contributed by atoms with van der Waals surface area (Å²) < 4.78 is 27.4. The SMILES string of the molecule is COc1ccc(C(c2ccc(OC)cc2)C2CCN(CCCOc3ccc(OC)c(OC)c3)CC2)cc1. The standard InChI is InChI=1S/C31H39NO5/c1-33-26-10-6-23(7-11-26)31(24-8-12-27(34-2)13-9-24)25-16-19-32(20-17-25)18-5-21-37-28-14-15-29(35-3)30(22-28)36-4/h6-15,22,25,31H,5,16-21H2,1-4H3. The third-order valence-corrected chi connectivity index (χ3v) is 7.30. The highest BCUT2D eigenvalue weighted by Crippen LogP contribution is 2.39. The highest BCUT2D eigenvalue weighted by atomic mass is 16.5. The fraction of sp³-hybridized carbons (Fsp3) is 0.419. The molecule has 0 unspecified atom stereocenters. The van der Waals surface area contributed by atoms with Crippen LogP contribution in [0.4, 0.5) is 0 Å². The molecule has 0 N–H and O–H groups in total. The van der Waals surface area contributed by atoms with Gasteiger partial charge in [-0.05, 0) is 85.8 Å². The van der Waals surface area contributed by atoms with Gasteiger partial charge < -0.3 is 28.6 Å². The number of likely N-dealkylation sites (tertiary alicyclic amines) is 1. The molecule has 0 spiro atoms. The van der Waals surface area contributed by atoms with Crippen LogP contribution < -0.4 is 23.7 Å². The molecular weight excluding hydrogens is 466 g/mol. The predicted molar refractivity (Wildman–Crippen MR) is 147 cm³/mol. The fourth-order valence-corrected chi connectivity index (χ4v) is 5.25. The van der Waals surface area contributed by atoms with Crippen molar-refractivity contribution in [2.45, 2.75) is 25.2 Å². The monoisotopic (exact) mass is 505 g/mol. The smallest absolute Gasteiger partial charge is 0.164 e. The molecule has 3 aromatic rings. The quantitative estimate of drug-likeness (QED) is 0.280. The molecule has 1 fully saturated rings. The van der Waals surface area contributed by atoms with Gasteiger partial charge in [0.15, 0.2) is 11.5 Å². The summed E-state index contributed by atoms with van der Waals surface area (Å²) in [6, 6.07) is 22.8. The molecule has 4 rings (SSSR count). The van der Waals surface area contributed by atoms with Gasteiger partial charge in [-0.1, -0.05) is 24.3 Å². The lowest BCUT2D eigenvalue weighted by Crippen LogP contribution is -2.36.